The van der Waals surface area contributed by atoms with Crippen LogP contribution in [0.1, 0.15) is 83.3 Å². The minimum Gasteiger partial charge on any atom is -0.458 e. The van der Waals surface area contributed by atoms with Crippen molar-refractivity contribution >= 4 is 23.8 Å². The molecule has 2 aliphatic rings. The maximum absolute atomic E-state index is 13.4. The molecule has 216 valence electrons. The number of fused-ring (bicyclic) bond motifs is 2. The molecule has 2 heterocycles. The lowest BCUT2D eigenvalue weighted by Crippen LogP contribution is -2.38. The van der Waals surface area contributed by atoms with Crippen LogP contribution in [-0.2, 0) is 18.9 Å². The molecule has 3 rings (SSSR count). The minimum atomic E-state index is -0.705. The lowest BCUT2D eigenvalue weighted by molar-refractivity contribution is -0.148. The molecule has 5 atom stereocenters. The van der Waals surface area contributed by atoms with Gasteiger partial charge in [-0.3, -0.25) is 4.90 Å². The Bertz CT molecular complexity index is 1100. The molecule has 0 spiro atoms. The Morgan fingerprint density at radius 1 is 1.13 bits per heavy atom. The lowest BCUT2D eigenvalue weighted by atomic mass is 9.93. The molecule has 8 nitrogen and oxygen atoms in total. The highest BCUT2D eigenvalue weighted by atomic mass is 16.8. The fourth-order valence-electron chi connectivity index (χ4n) is 4.88. The van der Waals surface area contributed by atoms with Crippen LogP contribution >= 0.6 is 0 Å². The van der Waals surface area contributed by atoms with Gasteiger partial charge in [-0.25, -0.2) is 9.59 Å². The average Bonchev–Trinajstić information content (AvgIpc) is 3.12. The summed E-state index contributed by atoms with van der Waals surface area (Å²) in [6, 6.07) is 3.51. The Balaban J connectivity index is 2.08. The second kappa shape index (κ2) is 12.2. The van der Waals surface area contributed by atoms with E-state index in [0.29, 0.717) is 28.8 Å². The van der Waals surface area contributed by atoms with E-state index in [0.717, 1.165) is 0 Å². The number of aryl methyl sites for hydroxylation is 1. The summed E-state index contributed by atoms with van der Waals surface area (Å²) < 4.78 is 24.0. The number of rotatable bonds is 3. The van der Waals surface area contributed by atoms with E-state index in [1.165, 1.54) is 4.90 Å². The molecule has 0 unspecified atom stereocenters. The lowest BCUT2D eigenvalue weighted by Gasteiger charge is -2.28. The van der Waals surface area contributed by atoms with Crippen molar-refractivity contribution in [2.24, 2.45) is 11.8 Å². The molecule has 39 heavy (non-hydrogen) atoms. The van der Waals surface area contributed by atoms with Gasteiger partial charge in [0.25, 0.3) is 0 Å². The van der Waals surface area contributed by atoms with Crippen LogP contribution in [0.15, 0.2) is 30.4 Å². The van der Waals surface area contributed by atoms with Crippen LogP contribution in [0.5, 0.6) is 0 Å². The van der Waals surface area contributed by atoms with E-state index in [-0.39, 0.29) is 43.3 Å². The zero-order chi connectivity index (χ0) is 29.1. The van der Waals surface area contributed by atoms with E-state index in [2.05, 4.69) is 19.1 Å². The number of aliphatic hydroxyl groups is 1. The smallest absolute Gasteiger partial charge is 0.414 e. The topological polar surface area (TPSA) is 94.5 Å². The van der Waals surface area contributed by atoms with Gasteiger partial charge in [0.05, 0.1) is 30.9 Å². The van der Waals surface area contributed by atoms with Gasteiger partial charge < -0.3 is 24.1 Å². The summed E-state index contributed by atoms with van der Waals surface area (Å²) >= 11 is 0. The normalized spacial score (nSPS) is 28.9. The van der Waals surface area contributed by atoms with Crippen molar-refractivity contribution in [3.63, 3.8) is 0 Å². The number of hydrogen-bond donors (Lipinski definition) is 1. The van der Waals surface area contributed by atoms with Crippen LogP contribution in [0.2, 0.25) is 0 Å². The molecule has 1 saturated heterocycles. The molecular weight excluding hydrogens is 498 g/mol. The Morgan fingerprint density at radius 2 is 1.79 bits per heavy atom. The van der Waals surface area contributed by atoms with Crippen molar-refractivity contribution < 1.29 is 33.6 Å². The summed E-state index contributed by atoms with van der Waals surface area (Å²) in [6.07, 6.45) is 7.36. The van der Waals surface area contributed by atoms with Gasteiger partial charge in [-0.15, -0.1) is 0 Å². The standard InChI is InChI=1S/C31H45NO7/c1-19-13-14-20(2)27-25(37-31(8,9)38-27)12-10-11-23-18-24(17-21(3)26(23)28(34)36-22(19)4)32(15-16-33)29(35)39-30(5,6)7/h10-11,13-14,17-20,22,25,27,33H,12,15-16H2,1-9H3/b11-10+,14-13-/t19-,20-,22+,25+,27-/m1/s1. The number of cyclic esters (lactones) is 1. The molecule has 0 saturated carbocycles. The van der Waals surface area contributed by atoms with Crippen molar-refractivity contribution in [1.29, 1.82) is 0 Å². The summed E-state index contributed by atoms with van der Waals surface area (Å²) in [5, 5.41) is 9.69. The fourth-order valence-corrected chi connectivity index (χ4v) is 4.88. The summed E-state index contributed by atoms with van der Waals surface area (Å²) in [6.45, 7) is 16.8. The third-order valence-corrected chi connectivity index (χ3v) is 6.96. The summed E-state index contributed by atoms with van der Waals surface area (Å²) in [4.78, 5) is 27.8. The van der Waals surface area contributed by atoms with Crippen LogP contribution in [0.25, 0.3) is 6.08 Å². The van der Waals surface area contributed by atoms with Crippen molar-refractivity contribution in [3.05, 3.63) is 47.1 Å². The molecule has 1 fully saturated rings. The number of carbonyl (C=O) groups is 2. The van der Waals surface area contributed by atoms with E-state index >= 15 is 0 Å². The first-order chi connectivity index (χ1) is 18.1. The van der Waals surface area contributed by atoms with Crippen LogP contribution in [0.3, 0.4) is 0 Å². The van der Waals surface area contributed by atoms with Crippen LogP contribution < -0.4 is 4.90 Å². The van der Waals surface area contributed by atoms with Gasteiger partial charge in [0, 0.05) is 17.5 Å². The van der Waals surface area contributed by atoms with E-state index < -0.39 is 23.5 Å². The van der Waals surface area contributed by atoms with E-state index in [1.807, 2.05) is 46.8 Å². The van der Waals surface area contributed by atoms with Crippen molar-refractivity contribution in [3.8, 4) is 0 Å². The van der Waals surface area contributed by atoms with E-state index in [9.17, 15) is 14.7 Å². The Hall–Kier alpha value is -2.68. The van der Waals surface area contributed by atoms with Crippen molar-refractivity contribution in [2.75, 3.05) is 18.1 Å². The molecule has 2 aliphatic heterocycles. The largest absolute Gasteiger partial charge is 0.458 e. The molecule has 1 aromatic carbocycles. The van der Waals surface area contributed by atoms with Gasteiger partial charge in [0.2, 0.25) is 0 Å². The SMILES string of the molecule is Cc1cc(N(CCO)C(=O)OC(C)(C)C)cc2c1C(=O)O[C@@H](C)[C@H](C)/C=C\[C@@H](C)[C@H]1OC(C)(C)O[C@H]1C/C=C/2. The van der Waals surface area contributed by atoms with Gasteiger partial charge in [-0.05, 0) is 78.1 Å². The number of amides is 1. The first kappa shape index (κ1) is 30.9. The zero-order valence-corrected chi connectivity index (χ0v) is 24.8. The Morgan fingerprint density at radius 3 is 2.44 bits per heavy atom. The predicted octanol–water partition coefficient (Wildman–Crippen LogP) is 6.04. The summed E-state index contributed by atoms with van der Waals surface area (Å²) in [5.74, 6) is -1.04. The highest BCUT2D eigenvalue weighted by Gasteiger charge is 2.42. The number of aliphatic hydroxyl groups excluding tert-OH is 1. The van der Waals surface area contributed by atoms with Crippen molar-refractivity contribution in [2.45, 2.75) is 98.4 Å². The van der Waals surface area contributed by atoms with Crippen molar-refractivity contribution in [1.82, 2.24) is 0 Å². The maximum Gasteiger partial charge on any atom is 0.414 e. The number of anilines is 1. The molecule has 0 radical (unpaired) electrons. The molecule has 1 N–H and O–H groups in total. The molecule has 0 bridgehead atoms. The number of esters is 1. The van der Waals surface area contributed by atoms with Crippen LogP contribution in [0, 0.1) is 18.8 Å². The Labute approximate surface area is 232 Å². The monoisotopic (exact) mass is 543 g/mol. The molecule has 1 amide bonds. The fraction of sp³-hybridized carbons (Fsp3) is 0.613. The predicted molar refractivity (Wildman–Crippen MR) is 152 cm³/mol. The second-order valence-corrected chi connectivity index (χ2v) is 12.1. The molecule has 0 aliphatic carbocycles. The number of ether oxygens (including phenoxy) is 4. The van der Waals surface area contributed by atoms with Gasteiger partial charge >= 0.3 is 12.1 Å². The Kier molecular flexibility index (Phi) is 9.68. The highest BCUT2D eigenvalue weighted by molar-refractivity contribution is 5.97. The van der Waals surface area contributed by atoms with E-state index in [1.54, 1.807) is 32.9 Å². The maximum atomic E-state index is 13.4. The third-order valence-electron chi connectivity index (χ3n) is 6.96. The quantitative estimate of drug-likeness (QED) is 0.367. The molecular formula is C31H45NO7. The highest BCUT2D eigenvalue weighted by Crippen LogP contribution is 2.35. The minimum absolute atomic E-state index is 0.0149. The van der Waals surface area contributed by atoms with Gasteiger partial charge in [-0.2, -0.15) is 0 Å². The number of carbonyl (C=O) groups excluding carboxylic acids is 2. The first-order valence-corrected chi connectivity index (χ1v) is 13.8. The second-order valence-electron chi connectivity index (χ2n) is 12.1. The molecule has 0 aromatic heterocycles. The molecule has 8 heteroatoms. The zero-order valence-electron chi connectivity index (χ0n) is 24.8. The number of nitrogens with zero attached hydrogens (tertiary/aromatic N) is 1. The summed E-state index contributed by atoms with van der Waals surface area (Å²) in [7, 11) is 0. The van der Waals surface area contributed by atoms with Crippen LogP contribution in [0.4, 0.5) is 10.5 Å². The van der Waals surface area contributed by atoms with Gasteiger partial charge in [-0.1, -0.05) is 38.2 Å². The van der Waals surface area contributed by atoms with Crippen LogP contribution in [-0.4, -0.2) is 60.0 Å². The average molecular weight is 544 g/mol. The first-order valence-electron chi connectivity index (χ1n) is 13.8. The summed E-state index contributed by atoms with van der Waals surface area (Å²) in [5.41, 5.74) is 1.50. The third kappa shape index (κ3) is 7.93. The van der Waals surface area contributed by atoms with Gasteiger partial charge in [0.1, 0.15) is 11.7 Å². The molecule has 1 aromatic rings. The number of hydrogen-bond acceptors (Lipinski definition) is 7. The van der Waals surface area contributed by atoms with E-state index in [4.69, 9.17) is 18.9 Å². The van der Waals surface area contributed by atoms with Gasteiger partial charge in [0.15, 0.2) is 5.79 Å². The number of benzene rings is 1.